The van der Waals surface area contributed by atoms with Crippen LogP contribution in [0.15, 0.2) is 48.7 Å². The predicted octanol–water partition coefficient (Wildman–Crippen LogP) is 5.11. The van der Waals surface area contributed by atoms with Crippen LogP contribution in [0.5, 0.6) is 0 Å². The number of benzene rings is 2. The molecule has 0 aliphatic rings. The van der Waals surface area contributed by atoms with Crippen molar-refractivity contribution in [2.75, 3.05) is 19.6 Å². The third-order valence-electron chi connectivity index (χ3n) is 7.06. The Morgan fingerprint density at radius 2 is 1.61 bits per heavy atom. The number of carbonyl (C=O) groups excluding carboxylic acids is 2. The maximum absolute atomic E-state index is 14.0. The van der Waals surface area contributed by atoms with Crippen LogP contribution in [-0.4, -0.2) is 63.6 Å². The van der Waals surface area contributed by atoms with Crippen molar-refractivity contribution in [3.8, 4) is 0 Å². The molecule has 0 saturated heterocycles. The van der Waals surface area contributed by atoms with E-state index >= 15 is 0 Å². The number of nitrogens with zero attached hydrogens (tertiary/aromatic N) is 3. The molecule has 0 aliphatic heterocycles. The lowest BCUT2D eigenvalue weighted by molar-refractivity contribution is 0.0755. The fourth-order valence-corrected chi connectivity index (χ4v) is 4.94. The van der Waals surface area contributed by atoms with Crippen LogP contribution < -0.4 is 10.6 Å². The van der Waals surface area contributed by atoms with Crippen molar-refractivity contribution in [1.29, 1.82) is 0 Å². The van der Waals surface area contributed by atoms with Gasteiger partial charge >= 0.3 is 0 Å². The maximum atomic E-state index is 14.0. The van der Waals surface area contributed by atoms with Crippen molar-refractivity contribution in [1.82, 2.24) is 25.5 Å². The average molecular weight is 610 g/mol. The van der Waals surface area contributed by atoms with E-state index in [9.17, 15) is 23.5 Å². The van der Waals surface area contributed by atoms with Crippen molar-refractivity contribution >= 4 is 11.8 Å². The highest BCUT2D eigenvalue weighted by Gasteiger charge is 2.25. The van der Waals surface area contributed by atoms with E-state index in [4.69, 9.17) is 0 Å². The van der Waals surface area contributed by atoms with Gasteiger partial charge < -0.3 is 20.6 Å². The monoisotopic (exact) mass is 609 g/mol. The first kappa shape index (κ1) is 34.7. The van der Waals surface area contributed by atoms with Crippen molar-refractivity contribution in [2.45, 2.75) is 84.9 Å². The van der Waals surface area contributed by atoms with Crippen LogP contribution in [0.2, 0.25) is 0 Å². The molecule has 3 N–H and O–H groups in total. The lowest BCUT2D eigenvalue weighted by Crippen LogP contribution is -2.48. The molecule has 2 atom stereocenters. The summed E-state index contributed by atoms with van der Waals surface area (Å²) in [6.07, 6.45) is 2.17. The minimum Gasteiger partial charge on any atom is -0.390 e. The molecule has 10 heteroatoms. The first-order chi connectivity index (χ1) is 20.8. The zero-order valence-corrected chi connectivity index (χ0v) is 26.6. The molecular formula is C34H45F2N5O3. The smallest absolute Gasteiger partial charge is 0.253 e. The Morgan fingerprint density at radius 1 is 0.977 bits per heavy atom. The number of halogens is 2. The first-order valence-corrected chi connectivity index (χ1v) is 15.2. The largest absolute Gasteiger partial charge is 0.390 e. The zero-order valence-electron chi connectivity index (χ0n) is 26.6. The standard InChI is InChI=1S/C34H45F2N5O3/c1-7-11-41(12-8-2)32(44)25-14-22(3)13-24(18-25)31(43)40-29(17-23-15-26(35)19-27(36)16-23)30(42)21-37-20-28-9-10-38-33(39-28)34(4,5)6/h9-10,13-16,18-19,29-30,37,42H,7-8,11-12,17,20-21H2,1-6H3,(H,40,43)/t29-,30+/m0/s1. The third-order valence-corrected chi connectivity index (χ3v) is 7.06. The third kappa shape index (κ3) is 10.2. The van der Waals surface area contributed by atoms with Gasteiger partial charge in [-0.2, -0.15) is 0 Å². The highest BCUT2D eigenvalue weighted by Crippen LogP contribution is 2.18. The molecule has 0 aliphatic carbocycles. The fraction of sp³-hybridized carbons (Fsp3) is 0.471. The predicted molar refractivity (Wildman–Crippen MR) is 167 cm³/mol. The van der Waals surface area contributed by atoms with Crippen LogP contribution in [0, 0.1) is 18.6 Å². The zero-order chi connectivity index (χ0) is 32.4. The number of rotatable bonds is 14. The van der Waals surface area contributed by atoms with E-state index < -0.39 is 29.7 Å². The average Bonchev–Trinajstić information content (AvgIpc) is 2.95. The molecule has 0 spiro atoms. The Labute approximate surface area is 259 Å². The number of amides is 2. The van der Waals surface area contributed by atoms with E-state index in [1.165, 1.54) is 12.1 Å². The SMILES string of the molecule is CCCN(CCC)C(=O)c1cc(C)cc(C(=O)N[C@@H](Cc2cc(F)cc(F)c2)[C@H](O)CNCc2ccnc(C(C)(C)C)n2)c1. The van der Waals surface area contributed by atoms with Gasteiger partial charge in [0.25, 0.3) is 11.8 Å². The van der Waals surface area contributed by atoms with E-state index in [0.717, 1.165) is 30.2 Å². The maximum Gasteiger partial charge on any atom is 0.253 e. The molecule has 0 saturated carbocycles. The van der Waals surface area contributed by atoms with Crippen LogP contribution in [0.3, 0.4) is 0 Å². The van der Waals surface area contributed by atoms with Crippen LogP contribution in [0.1, 0.15) is 90.8 Å². The number of aliphatic hydroxyl groups is 1. The van der Waals surface area contributed by atoms with Crippen LogP contribution in [-0.2, 0) is 18.4 Å². The number of nitrogens with one attached hydrogen (secondary N) is 2. The Hall–Kier alpha value is -3.76. The van der Waals surface area contributed by atoms with Gasteiger partial charge in [0.1, 0.15) is 17.5 Å². The van der Waals surface area contributed by atoms with Crippen molar-refractivity contribution in [3.63, 3.8) is 0 Å². The molecule has 0 fully saturated rings. The van der Waals surface area contributed by atoms with Gasteiger partial charge in [0.15, 0.2) is 0 Å². The van der Waals surface area contributed by atoms with E-state index in [0.29, 0.717) is 31.0 Å². The first-order valence-electron chi connectivity index (χ1n) is 15.2. The van der Waals surface area contributed by atoms with Gasteiger partial charge in [-0.05, 0) is 73.7 Å². The normalized spacial score (nSPS) is 12.9. The van der Waals surface area contributed by atoms with E-state index in [1.807, 2.05) is 41.5 Å². The summed E-state index contributed by atoms with van der Waals surface area (Å²) in [5, 5.41) is 17.2. The second-order valence-electron chi connectivity index (χ2n) is 12.3. The van der Waals surface area contributed by atoms with Gasteiger partial charge in [-0.3, -0.25) is 9.59 Å². The van der Waals surface area contributed by atoms with Gasteiger partial charge in [0.2, 0.25) is 0 Å². The summed E-state index contributed by atoms with van der Waals surface area (Å²) in [6, 6.07) is 8.98. The molecule has 0 bridgehead atoms. The Morgan fingerprint density at radius 3 is 2.23 bits per heavy atom. The molecule has 238 valence electrons. The van der Waals surface area contributed by atoms with Gasteiger partial charge in [0.05, 0.1) is 17.8 Å². The summed E-state index contributed by atoms with van der Waals surface area (Å²) in [5.41, 5.74) is 2.19. The summed E-state index contributed by atoms with van der Waals surface area (Å²) in [5.74, 6) is -1.46. The molecule has 44 heavy (non-hydrogen) atoms. The molecule has 2 aromatic carbocycles. The van der Waals surface area contributed by atoms with E-state index in [-0.39, 0.29) is 35.4 Å². The quantitative estimate of drug-likeness (QED) is 0.234. The molecule has 0 radical (unpaired) electrons. The van der Waals surface area contributed by atoms with Crippen LogP contribution in [0.4, 0.5) is 8.78 Å². The Bertz CT molecular complexity index is 1400. The molecule has 1 aromatic heterocycles. The highest BCUT2D eigenvalue weighted by atomic mass is 19.1. The molecular weight excluding hydrogens is 564 g/mol. The fourth-order valence-electron chi connectivity index (χ4n) is 4.94. The summed E-state index contributed by atoms with van der Waals surface area (Å²) in [6.45, 7) is 13.5. The Balaban J connectivity index is 1.81. The van der Waals surface area contributed by atoms with Crippen molar-refractivity contribution in [3.05, 3.63) is 94.1 Å². The number of carbonyl (C=O) groups is 2. The van der Waals surface area contributed by atoms with E-state index in [1.54, 1.807) is 35.4 Å². The molecule has 8 nitrogen and oxygen atoms in total. The second-order valence-corrected chi connectivity index (χ2v) is 12.3. The summed E-state index contributed by atoms with van der Waals surface area (Å²) in [7, 11) is 0. The Kier molecular flexibility index (Phi) is 12.5. The minimum absolute atomic E-state index is 0.0245. The lowest BCUT2D eigenvalue weighted by atomic mass is 9.95. The lowest BCUT2D eigenvalue weighted by Gasteiger charge is -2.25. The molecule has 3 aromatic rings. The molecule has 0 unspecified atom stereocenters. The highest BCUT2D eigenvalue weighted by molar-refractivity contribution is 6.00. The molecule has 2 amide bonds. The molecule has 3 rings (SSSR count). The number of aryl methyl sites for hydroxylation is 1. The van der Waals surface area contributed by atoms with Gasteiger partial charge in [-0.15, -0.1) is 0 Å². The van der Waals surface area contributed by atoms with Gasteiger partial charge in [-0.25, -0.2) is 18.7 Å². The number of aliphatic hydroxyl groups excluding tert-OH is 1. The topological polar surface area (TPSA) is 107 Å². The summed E-state index contributed by atoms with van der Waals surface area (Å²) >= 11 is 0. The number of hydrogen-bond acceptors (Lipinski definition) is 6. The summed E-state index contributed by atoms with van der Waals surface area (Å²) in [4.78, 5) is 37.5. The number of hydrogen-bond donors (Lipinski definition) is 3. The molecule has 1 heterocycles. The van der Waals surface area contributed by atoms with Crippen molar-refractivity contribution in [2.24, 2.45) is 0 Å². The van der Waals surface area contributed by atoms with Crippen LogP contribution >= 0.6 is 0 Å². The second kappa shape index (κ2) is 15.8. The summed E-state index contributed by atoms with van der Waals surface area (Å²) < 4.78 is 28.0. The number of aromatic nitrogens is 2. The van der Waals surface area contributed by atoms with Gasteiger partial charge in [-0.1, -0.05) is 34.6 Å². The van der Waals surface area contributed by atoms with Crippen LogP contribution in [0.25, 0.3) is 0 Å². The van der Waals surface area contributed by atoms with Crippen molar-refractivity contribution < 1.29 is 23.5 Å². The van der Waals surface area contributed by atoms with E-state index in [2.05, 4.69) is 20.6 Å². The van der Waals surface area contributed by atoms with Gasteiger partial charge in [0, 0.05) is 55.0 Å². The minimum atomic E-state index is -1.12.